The molecule has 1 fully saturated rings. The Bertz CT molecular complexity index is 536. The number of halogens is 3. The second-order valence-corrected chi connectivity index (χ2v) is 8.35. The minimum absolute atomic E-state index is 0.543. The third-order valence-electron chi connectivity index (χ3n) is 5.03. The number of nitrogens with zero attached hydrogens (tertiary/aromatic N) is 2. The molecule has 0 amide bonds. The van der Waals surface area contributed by atoms with E-state index in [9.17, 15) is 13.2 Å². The highest BCUT2D eigenvalue weighted by atomic mass is 32.2. The monoisotopic (exact) mass is 388 g/mol. The minimum Gasteiger partial charge on any atom is -0.306 e. The van der Waals surface area contributed by atoms with Crippen molar-refractivity contribution in [2.45, 2.75) is 31.9 Å². The Labute approximate surface area is 160 Å². The molecule has 2 rings (SSSR count). The molecule has 0 aliphatic carbocycles. The molecule has 0 saturated carbocycles. The fourth-order valence-electron chi connectivity index (χ4n) is 3.70. The second kappa shape index (κ2) is 10.6. The Balaban J connectivity index is 1.78. The normalized spacial score (nSPS) is 19.2. The largest absolute Gasteiger partial charge is 0.416 e. The van der Waals surface area contributed by atoms with Crippen LogP contribution in [0, 0.1) is 5.92 Å². The van der Waals surface area contributed by atoms with Crippen molar-refractivity contribution in [3.05, 3.63) is 35.4 Å². The first-order valence-electron chi connectivity index (χ1n) is 9.44. The van der Waals surface area contributed by atoms with Gasteiger partial charge in [0.05, 0.1) is 5.56 Å². The van der Waals surface area contributed by atoms with E-state index >= 15 is 0 Å². The lowest BCUT2D eigenvalue weighted by Gasteiger charge is -2.34. The van der Waals surface area contributed by atoms with Crippen molar-refractivity contribution < 1.29 is 13.2 Å². The van der Waals surface area contributed by atoms with Crippen LogP contribution in [0.3, 0.4) is 0 Å². The molecule has 26 heavy (non-hydrogen) atoms. The lowest BCUT2D eigenvalue weighted by Crippen LogP contribution is -2.41. The van der Waals surface area contributed by atoms with Crippen LogP contribution in [0.4, 0.5) is 13.2 Å². The van der Waals surface area contributed by atoms with Gasteiger partial charge >= 0.3 is 6.18 Å². The van der Waals surface area contributed by atoms with Crippen LogP contribution in [-0.2, 0) is 12.6 Å². The van der Waals surface area contributed by atoms with Crippen molar-refractivity contribution in [2.75, 3.05) is 51.8 Å². The van der Waals surface area contributed by atoms with Crippen LogP contribution in [0.25, 0.3) is 0 Å². The molecule has 6 heteroatoms. The molecule has 1 saturated heterocycles. The van der Waals surface area contributed by atoms with Crippen LogP contribution in [-0.4, -0.2) is 61.6 Å². The standard InChI is InChI=1S/C20H31F3N2S/c1-24(10-5-13-26-2)15-18-7-4-11-25(16-18)12-9-17-6-3-8-19(14-17)20(21,22)23/h3,6,8,14,18H,4-5,7,9-13,15-16H2,1-2H3/t18-/m1/s1. The maximum atomic E-state index is 12.8. The number of piperidine rings is 1. The molecular formula is C20H31F3N2S. The summed E-state index contributed by atoms with van der Waals surface area (Å²) in [4.78, 5) is 4.85. The summed E-state index contributed by atoms with van der Waals surface area (Å²) < 4.78 is 38.5. The number of hydrogen-bond acceptors (Lipinski definition) is 3. The highest BCUT2D eigenvalue weighted by Crippen LogP contribution is 2.29. The number of alkyl halides is 3. The van der Waals surface area contributed by atoms with Gasteiger partial charge < -0.3 is 9.80 Å². The van der Waals surface area contributed by atoms with Gasteiger partial charge in [0.1, 0.15) is 0 Å². The Morgan fingerprint density at radius 2 is 2.12 bits per heavy atom. The summed E-state index contributed by atoms with van der Waals surface area (Å²) in [7, 11) is 2.20. The summed E-state index contributed by atoms with van der Waals surface area (Å²) in [5, 5.41) is 0. The third-order valence-corrected chi connectivity index (χ3v) is 5.73. The van der Waals surface area contributed by atoms with E-state index in [1.165, 1.54) is 37.1 Å². The van der Waals surface area contributed by atoms with Crippen molar-refractivity contribution in [1.29, 1.82) is 0 Å². The van der Waals surface area contributed by atoms with Gasteiger partial charge in [-0.1, -0.05) is 18.2 Å². The van der Waals surface area contributed by atoms with E-state index in [2.05, 4.69) is 23.1 Å². The summed E-state index contributed by atoms with van der Waals surface area (Å²) >= 11 is 1.89. The van der Waals surface area contributed by atoms with Crippen molar-refractivity contribution in [3.63, 3.8) is 0 Å². The van der Waals surface area contributed by atoms with Gasteiger partial charge in [-0.3, -0.25) is 0 Å². The maximum Gasteiger partial charge on any atom is 0.416 e. The zero-order valence-electron chi connectivity index (χ0n) is 15.9. The highest BCUT2D eigenvalue weighted by Gasteiger charge is 2.30. The number of benzene rings is 1. The van der Waals surface area contributed by atoms with E-state index < -0.39 is 11.7 Å². The summed E-state index contributed by atoms with van der Waals surface area (Å²) in [5.41, 5.74) is 0.231. The van der Waals surface area contributed by atoms with Crippen molar-refractivity contribution in [3.8, 4) is 0 Å². The number of thioether (sulfide) groups is 1. The molecule has 1 aliphatic heterocycles. The third kappa shape index (κ3) is 7.49. The fraction of sp³-hybridized carbons (Fsp3) is 0.700. The zero-order valence-corrected chi connectivity index (χ0v) is 16.7. The quantitative estimate of drug-likeness (QED) is 0.569. The Kier molecular flexibility index (Phi) is 8.77. The molecule has 1 aliphatic rings. The first-order chi connectivity index (χ1) is 12.4. The van der Waals surface area contributed by atoms with Crippen LogP contribution in [0.15, 0.2) is 24.3 Å². The van der Waals surface area contributed by atoms with Gasteiger partial charge in [0.25, 0.3) is 0 Å². The average Bonchev–Trinajstić information content (AvgIpc) is 2.60. The topological polar surface area (TPSA) is 6.48 Å². The van der Waals surface area contributed by atoms with Crippen LogP contribution in [0.1, 0.15) is 30.4 Å². The van der Waals surface area contributed by atoms with Crippen LogP contribution >= 0.6 is 11.8 Å². The van der Waals surface area contributed by atoms with Crippen molar-refractivity contribution in [2.24, 2.45) is 5.92 Å². The Morgan fingerprint density at radius 3 is 2.85 bits per heavy atom. The molecule has 1 heterocycles. The number of hydrogen-bond donors (Lipinski definition) is 0. The van der Waals surface area contributed by atoms with Gasteiger partial charge in [-0.2, -0.15) is 24.9 Å². The summed E-state index contributed by atoms with van der Waals surface area (Å²) in [5.74, 6) is 1.88. The van der Waals surface area contributed by atoms with Gasteiger partial charge in [-0.25, -0.2) is 0 Å². The first kappa shape index (κ1) is 21.6. The summed E-state index contributed by atoms with van der Waals surface area (Å²) in [6.45, 7) is 5.22. The van der Waals surface area contributed by atoms with Gasteiger partial charge in [0.2, 0.25) is 0 Å². The second-order valence-electron chi connectivity index (χ2n) is 7.37. The Hall–Kier alpha value is -0.720. The summed E-state index contributed by atoms with van der Waals surface area (Å²) in [6.07, 6.45) is 2.24. The van der Waals surface area contributed by atoms with Gasteiger partial charge in [-0.05, 0) is 75.4 Å². The predicted octanol–water partition coefficient (Wildman–Crippen LogP) is 4.64. The molecule has 1 aromatic rings. The highest BCUT2D eigenvalue weighted by molar-refractivity contribution is 7.98. The van der Waals surface area contributed by atoms with Crippen LogP contribution in [0.2, 0.25) is 0 Å². The van der Waals surface area contributed by atoms with Crippen molar-refractivity contribution >= 4 is 11.8 Å². The molecular weight excluding hydrogens is 357 g/mol. The van der Waals surface area contributed by atoms with Gasteiger partial charge in [-0.15, -0.1) is 0 Å². The van der Waals surface area contributed by atoms with Crippen LogP contribution in [0.5, 0.6) is 0 Å². The minimum atomic E-state index is -4.26. The van der Waals surface area contributed by atoms with E-state index in [1.807, 2.05) is 11.8 Å². The molecule has 1 aromatic carbocycles. The lowest BCUT2D eigenvalue weighted by atomic mass is 9.97. The van der Waals surface area contributed by atoms with Gasteiger partial charge in [0, 0.05) is 19.6 Å². The lowest BCUT2D eigenvalue weighted by molar-refractivity contribution is -0.137. The van der Waals surface area contributed by atoms with E-state index in [4.69, 9.17) is 0 Å². The van der Waals surface area contributed by atoms with E-state index in [-0.39, 0.29) is 0 Å². The molecule has 0 unspecified atom stereocenters. The number of rotatable bonds is 9. The van der Waals surface area contributed by atoms with Gasteiger partial charge in [0.15, 0.2) is 0 Å². The maximum absolute atomic E-state index is 12.8. The zero-order chi connectivity index (χ0) is 19.0. The molecule has 0 spiro atoms. The molecule has 2 nitrogen and oxygen atoms in total. The predicted molar refractivity (Wildman–Crippen MR) is 105 cm³/mol. The van der Waals surface area contributed by atoms with E-state index in [1.54, 1.807) is 6.07 Å². The van der Waals surface area contributed by atoms with E-state index in [0.29, 0.717) is 12.3 Å². The molecule has 0 bridgehead atoms. The molecule has 0 radical (unpaired) electrons. The van der Waals surface area contributed by atoms with Crippen LogP contribution < -0.4 is 0 Å². The molecule has 0 N–H and O–H groups in total. The van der Waals surface area contributed by atoms with E-state index in [0.717, 1.165) is 44.4 Å². The van der Waals surface area contributed by atoms with Crippen molar-refractivity contribution in [1.82, 2.24) is 9.80 Å². The first-order valence-corrected chi connectivity index (χ1v) is 10.8. The smallest absolute Gasteiger partial charge is 0.306 e. The fourth-order valence-corrected chi connectivity index (χ4v) is 4.12. The SMILES string of the molecule is CSCCCN(C)C[C@H]1CCCN(CCc2cccc(C(F)(F)F)c2)C1. The summed E-state index contributed by atoms with van der Waals surface area (Å²) in [6, 6.07) is 5.76. The molecule has 1 atom stereocenters. The average molecular weight is 389 g/mol. The molecule has 148 valence electrons. The Morgan fingerprint density at radius 1 is 1.31 bits per heavy atom. The molecule has 0 aromatic heterocycles. The number of likely N-dealkylation sites (tertiary alicyclic amines) is 1.